The van der Waals surface area contributed by atoms with Crippen molar-refractivity contribution in [3.8, 4) is 0 Å². The number of hydrogen-bond acceptors (Lipinski definition) is 2. The Morgan fingerprint density at radius 2 is 2.28 bits per heavy atom. The fraction of sp³-hybridized carbons (Fsp3) is 0.462. The molecule has 2 N–H and O–H groups in total. The van der Waals surface area contributed by atoms with Gasteiger partial charge in [0.25, 0.3) is 5.91 Å². The first-order valence-corrected chi connectivity index (χ1v) is 7.27. The van der Waals surface area contributed by atoms with Gasteiger partial charge < -0.3 is 10.6 Å². The number of carbonyl (C=O) groups is 1. The molecule has 0 saturated carbocycles. The highest BCUT2D eigenvalue weighted by Gasteiger charge is 2.27. The van der Waals surface area contributed by atoms with Gasteiger partial charge in [0.1, 0.15) is 0 Å². The van der Waals surface area contributed by atoms with Crippen LogP contribution in [-0.2, 0) is 0 Å². The first-order chi connectivity index (χ1) is 8.65. The van der Waals surface area contributed by atoms with Crippen molar-refractivity contribution in [2.45, 2.75) is 25.3 Å². The molecule has 0 bridgehead atoms. The lowest BCUT2D eigenvalue weighted by atomic mass is 10.0. The van der Waals surface area contributed by atoms with Crippen LogP contribution in [-0.4, -0.2) is 29.9 Å². The molecule has 0 aliphatic carbocycles. The predicted octanol–water partition coefficient (Wildman–Crippen LogP) is 3.06. The van der Waals surface area contributed by atoms with E-state index < -0.39 is 0 Å². The number of rotatable bonds is 2. The van der Waals surface area contributed by atoms with Crippen LogP contribution in [0.2, 0.25) is 5.02 Å². The maximum absolute atomic E-state index is 12.5. The van der Waals surface area contributed by atoms with Gasteiger partial charge in [0.2, 0.25) is 0 Å². The van der Waals surface area contributed by atoms with Gasteiger partial charge in [-0.1, -0.05) is 17.7 Å². The Bertz CT molecular complexity index is 453. The molecule has 0 spiro atoms. The molecular formula is C13H16BrClN2O. The van der Waals surface area contributed by atoms with Crippen molar-refractivity contribution in [1.29, 1.82) is 0 Å². The predicted molar refractivity (Wildman–Crippen MR) is 76.9 cm³/mol. The minimum atomic E-state index is -0.0172. The van der Waals surface area contributed by atoms with Crippen LogP contribution in [0.3, 0.4) is 0 Å². The van der Waals surface area contributed by atoms with E-state index in [1.165, 1.54) is 0 Å². The molecule has 98 valence electrons. The molecule has 1 unspecified atom stereocenters. The van der Waals surface area contributed by atoms with Crippen molar-refractivity contribution >= 4 is 33.4 Å². The molecule has 1 aliphatic heterocycles. The Kier molecular flexibility index (Phi) is 4.65. The molecule has 1 aliphatic rings. The normalized spacial score (nSPS) is 19.9. The number of amides is 1. The average Bonchev–Trinajstić information content (AvgIpc) is 2.41. The van der Waals surface area contributed by atoms with E-state index >= 15 is 0 Å². The van der Waals surface area contributed by atoms with Crippen LogP contribution in [0.1, 0.15) is 29.6 Å². The van der Waals surface area contributed by atoms with Crippen molar-refractivity contribution in [3.63, 3.8) is 0 Å². The van der Waals surface area contributed by atoms with Crippen molar-refractivity contribution < 1.29 is 4.79 Å². The van der Waals surface area contributed by atoms with Gasteiger partial charge in [-0.15, -0.1) is 0 Å². The third-order valence-electron chi connectivity index (χ3n) is 3.34. The van der Waals surface area contributed by atoms with Crippen LogP contribution < -0.4 is 5.73 Å². The van der Waals surface area contributed by atoms with Gasteiger partial charge in [-0.3, -0.25) is 4.79 Å². The summed E-state index contributed by atoms with van der Waals surface area (Å²) in [6.45, 7) is 1.28. The van der Waals surface area contributed by atoms with E-state index in [9.17, 15) is 4.79 Å². The van der Waals surface area contributed by atoms with Crippen LogP contribution in [0.25, 0.3) is 0 Å². The molecular weight excluding hydrogens is 316 g/mol. The molecule has 1 heterocycles. The lowest BCUT2D eigenvalue weighted by Crippen LogP contribution is -2.47. The zero-order valence-corrected chi connectivity index (χ0v) is 12.4. The molecule has 1 atom stereocenters. The fourth-order valence-corrected chi connectivity index (χ4v) is 2.91. The molecule has 0 radical (unpaired) electrons. The van der Waals surface area contributed by atoms with Gasteiger partial charge >= 0.3 is 0 Å². The minimum Gasteiger partial charge on any atom is -0.334 e. The highest BCUT2D eigenvalue weighted by Crippen LogP contribution is 2.28. The summed E-state index contributed by atoms with van der Waals surface area (Å²) in [6, 6.07) is 5.55. The lowest BCUT2D eigenvalue weighted by molar-refractivity contribution is 0.0623. The van der Waals surface area contributed by atoms with Crippen LogP contribution in [0.4, 0.5) is 0 Å². The standard InChI is InChI=1S/C13H16BrClN2O/c14-11-6-3-5-10(12(11)15)13(18)17-7-2-1-4-9(17)8-16/h3,5-6,9H,1-2,4,7-8,16H2. The molecule has 3 nitrogen and oxygen atoms in total. The van der Waals surface area contributed by atoms with E-state index in [-0.39, 0.29) is 11.9 Å². The monoisotopic (exact) mass is 330 g/mol. The number of halogens is 2. The molecule has 2 rings (SSSR count). The Balaban J connectivity index is 2.27. The smallest absolute Gasteiger partial charge is 0.255 e. The SMILES string of the molecule is NCC1CCCCN1C(=O)c1cccc(Br)c1Cl. The molecule has 18 heavy (non-hydrogen) atoms. The number of hydrogen-bond donors (Lipinski definition) is 1. The van der Waals surface area contributed by atoms with Gasteiger partial charge in [0.15, 0.2) is 0 Å². The maximum atomic E-state index is 12.5. The van der Waals surface area contributed by atoms with E-state index in [1.54, 1.807) is 6.07 Å². The highest BCUT2D eigenvalue weighted by molar-refractivity contribution is 9.10. The first kappa shape index (κ1) is 13.8. The van der Waals surface area contributed by atoms with E-state index in [0.29, 0.717) is 17.1 Å². The summed E-state index contributed by atoms with van der Waals surface area (Å²) >= 11 is 9.52. The van der Waals surface area contributed by atoms with Crippen molar-refractivity contribution in [3.05, 3.63) is 33.3 Å². The van der Waals surface area contributed by atoms with E-state index in [0.717, 1.165) is 30.3 Å². The topological polar surface area (TPSA) is 46.3 Å². The quantitative estimate of drug-likeness (QED) is 0.905. The van der Waals surface area contributed by atoms with Crippen LogP contribution >= 0.6 is 27.5 Å². The number of nitrogens with zero attached hydrogens (tertiary/aromatic N) is 1. The summed E-state index contributed by atoms with van der Waals surface area (Å²) in [4.78, 5) is 14.4. The van der Waals surface area contributed by atoms with Crippen LogP contribution in [0, 0.1) is 0 Å². The molecule has 1 saturated heterocycles. The van der Waals surface area contributed by atoms with Crippen LogP contribution in [0.15, 0.2) is 22.7 Å². The number of carbonyl (C=O) groups excluding carboxylic acids is 1. The molecule has 1 fully saturated rings. The van der Waals surface area contributed by atoms with Crippen molar-refractivity contribution in [2.24, 2.45) is 5.73 Å². The lowest BCUT2D eigenvalue weighted by Gasteiger charge is -2.35. The molecule has 1 aromatic carbocycles. The average molecular weight is 332 g/mol. The largest absolute Gasteiger partial charge is 0.334 e. The van der Waals surface area contributed by atoms with Crippen LogP contribution in [0.5, 0.6) is 0 Å². The number of nitrogens with two attached hydrogens (primary N) is 1. The first-order valence-electron chi connectivity index (χ1n) is 6.10. The Hall–Kier alpha value is -0.580. The maximum Gasteiger partial charge on any atom is 0.255 e. The van der Waals surface area contributed by atoms with E-state index in [1.807, 2.05) is 17.0 Å². The third kappa shape index (κ3) is 2.71. The third-order valence-corrected chi connectivity index (χ3v) is 4.64. The molecule has 1 amide bonds. The summed E-state index contributed by atoms with van der Waals surface area (Å²) in [6.07, 6.45) is 3.15. The van der Waals surface area contributed by atoms with E-state index in [4.69, 9.17) is 17.3 Å². The molecule has 1 aromatic rings. The second kappa shape index (κ2) is 6.04. The summed E-state index contributed by atoms with van der Waals surface area (Å²) in [5.41, 5.74) is 6.29. The summed E-state index contributed by atoms with van der Waals surface area (Å²) < 4.78 is 0.747. The Morgan fingerprint density at radius 1 is 1.50 bits per heavy atom. The van der Waals surface area contributed by atoms with Gasteiger partial charge in [-0.2, -0.15) is 0 Å². The zero-order valence-electron chi connectivity index (χ0n) is 10.0. The van der Waals surface area contributed by atoms with Crippen molar-refractivity contribution in [1.82, 2.24) is 4.90 Å². The Labute approximate surface area is 120 Å². The van der Waals surface area contributed by atoms with Crippen molar-refractivity contribution in [2.75, 3.05) is 13.1 Å². The van der Waals surface area contributed by atoms with E-state index in [2.05, 4.69) is 15.9 Å². The van der Waals surface area contributed by atoms with Gasteiger partial charge in [0, 0.05) is 23.6 Å². The van der Waals surface area contributed by atoms with Gasteiger partial charge in [-0.25, -0.2) is 0 Å². The minimum absolute atomic E-state index is 0.0172. The summed E-state index contributed by atoms with van der Waals surface area (Å²) in [5.74, 6) is -0.0172. The number of likely N-dealkylation sites (tertiary alicyclic amines) is 1. The number of benzene rings is 1. The Morgan fingerprint density at radius 3 is 3.00 bits per heavy atom. The second-order valence-corrected chi connectivity index (χ2v) is 5.72. The van der Waals surface area contributed by atoms with Gasteiger partial charge in [-0.05, 0) is 47.3 Å². The molecule has 5 heteroatoms. The zero-order chi connectivity index (χ0) is 13.1. The number of piperidine rings is 1. The fourth-order valence-electron chi connectivity index (χ4n) is 2.34. The molecule has 0 aromatic heterocycles. The second-order valence-electron chi connectivity index (χ2n) is 4.49. The van der Waals surface area contributed by atoms with Gasteiger partial charge in [0.05, 0.1) is 10.6 Å². The summed E-state index contributed by atoms with van der Waals surface area (Å²) in [7, 11) is 0. The highest BCUT2D eigenvalue weighted by atomic mass is 79.9. The summed E-state index contributed by atoms with van der Waals surface area (Å²) in [5, 5.41) is 0.476.